The second kappa shape index (κ2) is 6.58. The van der Waals surface area contributed by atoms with Crippen molar-refractivity contribution >= 4 is 17.1 Å². The molecule has 0 saturated carbocycles. The van der Waals surface area contributed by atoms with Crippen LogP contribution in [0.3, 0.4) is 0 Å². The minimum Gasteiger partial charge on any atom is -0.497 e. The van der Waals surface area contributed by atoms with E-state index in [0.29, 0.717) is 12.2 Å². The van der Waals surface area contributed by atoms with Gasteiger partial charge in [0, 0.05) is 6.54 Å². The molecular formula is C14H16N4O3. The van der Waals surface area contributed by atoms with Crippen LogP contribution < -0.4 is 21.3 Å². The van der Waals surface area contributed by atoms with Gasteiger partial charge in [-0.2, -0.15) is 0 Å². The fourth-order valence-electron chi connectivity index (χ4n) is 1.94. The predicted molar refractivity (Wildman–Crippen MR) is 81.2 cm³/mol. The maximum absolute atomic E-state index is 11.1. The number of nitrogens with one attached hydrogen (secondary N) is 2. The van der Waals surface area contributed by atoms with Crippen LogP contribution in [0.5, 0.6) is 5.75 Å². The lowest BCUT2D eigenvalue weighted by atomic mass is 10.2. The van der Waals surface area contributed by atoms with E-state index in [1.165, 1.54) is 0 Å². The molecule has 0 atom stereocenters. The summed E-state index contributed by atoms with van der Waals surface area (Å²) < 4.78 is 5.08. The van der Waals surface area contributed by atoms with Gasteiger partial charge in [0.25, 0.3) is 0 Å². The molecule has 0 fully saturated rings. The van der Waals surface area contributed by atoms with Gasteiger partial charge in [-0.05, 0) is 29.8 Å². The Labute approximate surface area is 121 Å². The van der Waals surface area contributed by atoms with Gasteiger partial charge in [0.05, 0.1) is 12.0 Å². The van der Waals surface area contributed by atoms with Gasteiger partial charge < -0.3 is 15.5 Å². The Morgan fingerprint density at radius 1 is 1.19 bits per heavy atom. The lowest BCUT2D eigenvalue weighted by Gasteiger charge is -2.10. The summed E-state index contributed by atoms with van der Waals surface area (Å²) in [6, 6.07) is 12.3. The molecule has 0 spiro atoms. The number of nitrogens with two attached hydrogens (primary N) is 1. The van der Waals surface area contributed by atoms with Crippen molar-refractivity contribution in [2.75, 3.05) is 17.9 Å². The third-order valence-corrected chi connectivity index (χ3v) is 3.02. The molecule has 7 heteroatoms. The molecule has 110 valence electrons. The van der Waals surface area contributed by atoms with Gasteiger partial charge in [0.2, 0.25) is 0 Å². The van der Waals surface area contributed by atoms with Gasteiger partial charge >= 0.3 is 5.69 Å². The Morgan fingerprint density at radius 2 is 1.86 bits per heavy atom. The maximum atomic E-state index is 11.1. The summed E-state index contributed by atoms with van der Waals surface area (Å²) in [4.78, 5) is 10.7. The first kappa shape index (κ1) is 14.6. The monoisotopic (exact) mass is 288 g/mol. The highest BCUT2D eigenvalue weighted by Gasteiger charge is 2.18. The average Bonchev–Trinajstić information content (AvgIpc) is 2.52. The fraction of sp³-hybridized carbons (Fsp3) is 0.143. The van der Waals surface area contributed by atoms with Crippen LogP contribution in [-0.2, 0) is 6.54 Å². The number of rotatable bonds is 6. The molecule has 0 aliphatic heterocycles. The molecule has 0 saturated heterocycles. The highest BCUT2D eigenvalue weighted by molar-refractivity contribution is 5.75. The van der Waals surface area contributed by atoms with E-state index in [4.69, 9.17) is 10.6 Å². The number of nitro benzene ring substituents is 1. The number of nitro groups is 1. The highest BCUT2D eigenvalue weighted by Crippen LogP contribution is 2.32. The fourth-order valence-corrected chi connectivity index (χ4v) is 1.94. The van der Waals surface area contributed by atoms with Gasteiger partial charge in [0.1, 0.15) is 17.1 Å². The lowest BCUT2D eigenvalue weighted by Crippen LogP contribution is -2.11. The van der Waals surface area contributed by atoms with E-state index >= 15 is 0 Å². The molecule has 0 bridgehead atoms. The summed E-state index contributed by atoms with van der Waals surface area (Å²) in [6.07, 6.45) is 0. The van der Waals surface area contributed by atoms with Gasteiger partial charge in [-0.15, -0.1) is 0 Å². The van der Waals surface area contributed by atoms with Crippen molar-refractivity contribution in [3.63, 3.8) is 0 Å². The SMILES string of the molecule is COc1ccc(CNc2cccc(NN)c2[N+](=O)[O-])cc1. The Balaban J connectivity index is 2.17. The normalized spacial score (nSPS) is 10.0. The molecule has 0 amide bonds. The standard InChI is InChI=1S/C14H16N4O3/c1-21-11-7-5-10(6-8-11)9-16-12-3-2-4-13(17-15)14(12)18(19)20/h2-8,16-17H,9,15H2,1H3. The number of hydrogen-bond donors (Lipinski definition) is 3. The van der Waals surface area contributed by atoms with Crippen LogP contribution in [0.4, 0.5) is 17.1 Å². The Hall–Kier alpha value is -2.80. The summed E-state index contributed by atoms with van der Waals surface area (Å²) in [5.74, 6) is 6.06. The lowest BCUT2D eigenvalue weighted by molar-refractivity contribution is -0.383. The molecule has 0 aromatic heterocycles. The van der Waals surface area contributed by atoms with E-state index in [1.807, 2.05) is 24.3 Å². The molecule has 2 rings (SSSR count). The minimum atomic E-state index is -0.467. The first-order valence-corrected chi connectivity index (χ1v) is 6.26. The maximum Gasteiger partial charge on any atom is 0.316 e. The van der Waals surface area contributed by atoms with Crippen LogP contribution in [-0.4, -0.2) is 12.0 Å². The van der Waals surface area contributed by atoms with Gasteiger partial charge in [0.15, 0.2) is 0 Å². The van der Waals surface area contributed by atoms with Crippen LogP contribution in [0, 0.1) is 10.1 Å². The van der Waals surface area contributed by atoms with Crippen molar-refractivity contribution in [2.24, 2.45) is 5.84 Å². The van der Waals surface area contributed by atoms with E-state index in [1.54, 1.807) is 25.3 Å². The van der Waals surface area contributed by atoms with Gasteiger partial charge in [-0.3, -0.25) is 16.0 Å². The third-order valence-electron chi connectivity index (χ3n) is 3.02. The van der Waals surface area contributed by atoms with Crippen molar-refractivity contribution in [3.8, 4) is 5.75 Å². The number of para-hydroxylation sites is 1. The predicted octanol–water partition coefficient (Wildman–Crippen LogP) is 2.50. The number of hydrogen-bond acceptors (Lipinski definition) is 6. The molecular weight excluding hydrogens is 272 g/mol. The Morgan fingerprint density at radius 3 is 2.43 bits per heavy atom. The summed E-state index contributed by atoms with van der Waals surface area (Å²) in [5, 5.41) is 14.2. The first-order valence-electron chi connectivity index (χ1n) is 6.26. The zero-order valence-corrected chi connectivity index (χ0v) is 11.5. The topological polar surface area (TPSA) is 102 Å². The summed E-state index contributed by atoms with van der Waals surface area (Å²) in [5.41, 5.74) is 3.91. The van der Waals surface area contributed by atoms with E-state index < -0.39 is 4.92 Å². The number of anilines is 2. The molecule has 2 aromatic rings. The van der Waals surface area contributed by atoms with E-state index in [9.17, 15) is 10.1 Å². The van der Waals surface area contributed by atoms with Crippen LogP contribution in [0.2, 0.25) is 0 Å². The number of nitrogens with zero attached hydrogens (tertiary/aromatic N) is 1. The summed E-state index contributed by atoms with van der Waals surface area (Å²) >= 11 is 0. The molecule has 0 heterocycles. The molecule has 7 nitrogen and oxygen atoms in total. The largest absolute Gasteiger partial charge is 0.497 e. The number of hydrazine groups is 1. The summed E-state index contributed by atoms with van der Waals surface area (Å²) in [7, 11) is 1.60. The number of nitrogen functional groups attached to an aromatic ring is 1. The average molecular weight is 288 g/mol. The highest BCUT2D eigenvalue weighted by atomic mass is 16.6. The van der Waals surface area contributed by atoms with Crippen molar-refractivity contribution in [1.29, 1.82) is 0 Å². The Kier molecular flexibility index (Phi) is 4.57. The smallest absolute Gasteiger partial charge is 0.316 e. The van der Waals surface area contributed by atoms with Crippen molar-refractivity contribution in [2.45, 2.75) is 6.54 Å². The van der Waals surface area contributed by atoms with Crippen LogP contribution in [0.1, 0.15) is 5.56 Å². The molecule has 0 radical (unpaired) electrons. The number of benzene rings is 2. The van der Waals surface area contributed by atoms with Crippen molar-refractivity contribution in [3.05, 3.63) is 58.1 Å². The van der Waals surface area contributed by atoms with Gasteiger partial charge in [-0.1, -0.05) is 18.2 Å². The second-order valence-electron chi connectivity index (χ2n) is 4.30. The third kappa shape index (κ3) is 3.40. The first-order chi connectivity index (χ1) is 10.2. The number of methoxy groups -OCH3 is 1. The molecule has 0 unspecified atom stereocenters. The summed E-state index contributed by atoms with van der Waals surface area (Å²) in [6.45, 7) is 0.457. The molecule has 4 N–H and O–H groups in total. The van der Waals surface area contributed by atoms with Crippen LogP contribution in [0.15, 0.2) is 42.5 Å². The zero-order chi connectivity index (χ0) is 15.2. The van der Waals surface area contributed by atoms with Gasteiger partial charge in [-0.25, -0.2) is 0 Å². The van der Waals surface area contributed by atoms with Crippen molar-refractivity contribution in [1.82, 2.24) is 0 Å². The molecule has 0 aliphatic rings. The quantitative estimate of drug-likeness (QED) is 0.429. The van der Waals surface area contributed by atoms with Crippen LogP contribution >= 0.6 is 0 Å². The van der Waals surface area contributed by atoms with E-state index in [2.05, 4.69) is 10.7 Å². The van der Waals surface area contributed by atoms with E-state index in [0.717, 1.165) is 11.3 Å². The molecule has 21 heavy (non-hydrogen) atoms. The zero-order valence-electron chi connectivity index (χ0n) is 11.5. The number of ether oxygens (including phenoxy) is 1. The van der Waals surface area contributed by atoms with Crippen LogP contribution in [0.25, 0.3) is 0 Å². The van der Waals surface area contributed by atoms with E-state index in [-0.39, 0.29) is 11.4 Å². The Bertz CT molecular complexity index is 629. The second-order valence-corrected chi connectivity index (χ2v) is 4.30. The molecule has 0 aliphatic carbocycles. The molecule has 2 aromatic carbocycles. The van der Waals surface area contributed by atoms with Crippen molar-refractivity contribution < 1.29 is 9.66 Å². The minimum absolute atomic E-state index is 0.0755.